The predicted octanol–water partition coefficient (Wildman–Crippen LogP) is 4.14. The van der Waals surface area contributed by atoms with Crippen LogP contribution in [0.3, 0.4) is 0 Å². The molecule has 2 aliphatic rings. The van der Waals surface area contributed by atoms with Gasteiger partial charge in [0.2, 0.25) is 0 Å². The smallest absolute Gasteiger partial charge is 0.0706 e. The van der Waals surface area contributed by atoms with Gasteiger partial charge in [0.15, 0.2) is 0 Å². The summed E-state index contributed by atoms with van der Waals surface area (Å²) >= 11 is 0. The maximum absolute atomic E-state index is 11.1. The summed E-state index contributed by atoms with van der Waals surface area (Å²) in [5.74, 6) is 1.81. The molecule has 1 N–H and O–H groups in total. The van der Waals surface area contributed by atoms with Crippen LogP contribution < -0.4 is 0 Å². The van der Waals surface area contributed by atoms with Gasteiger partial charge in [-0.3, -0.25) is 0 Å². The molecule has 2 unspecified atom stereocenters. The molecule has 0 amide bonds. The minimum atomic E-state index is -0.313. The molecule has 16 heavy (non-hydrogen) atoms. The fraction of sp³-hybridized carbons (Fsp3) is 1.00. The summed E-state index contributed by atoms with van der Waals surface area (Å²) in [5.41, 5.74) is -0.313. The Morgan fingerprint density at radius 2 is 1.56 bits per heavy atom. The van der Waals surface area contributed by atoms with Crippen molar-refractivity contribution in [2.45, 2.75) is 77.2 Å². The zero-order chi connectivity index (χ0) is 11.6. The monoisotopic (exact) mass is 224 g/mol. The largest absolute Gasteiger partial charge is 0.389 e. The summed E-state index contributed by atoms with van der Waals surface area (Å²) in [6.45, 7) is 4.59. The lowest BCUT2D eigenvalue weighted by Gasteiger charge is -2.48. The summed E-state index contributed by atoms with van der Waals surface area (Å²) < 4.78 is 0. The highest BCUT2D eigenvalue weighted by atomic mass is 16.3. The van der Waals surface area contributed by atoms with Gasteiger partial charge in [-0.1, -0.05) is 46.0 Å². The average Bonchev–Trinajstić information content (AvgIpc) is 2.30. The van der Waals surface area contributed by atoms with Crippen LogP contribution in [0.15, 0.2) is 0 Å². The van der Waals surface area contributed by atoms with Gasteiger partial charge < -0.3 is 5.11 Å². The highest BCUT2D eigenvalue weighted by Gasteiger charge is 2.45. The van der Waals surface area contributed by atoms with Crippen LogP contribution in [0, 0.1) is 17.8 Å². The number of hydrogen-bond donors (Lipinski definition) is 1. The Labute approximate surface area is 101 Å². The standard InChI is InChI=1S/C15H28O/c1-12(2)14-10-6-7-11-15(14,16)13-8-4-3-5-9-13/h12-14,16H,3-11H2,1-2H3. The molecule has 0 bridgehead atoms. The van der Waals surface area contributed by atoms with E-state index in [1.165, 1.54) is 51.4 Å². The van der Waals surface area contributed by atoms with Gasteiger partial charge in [-0.25, -0.2) is 0 Å². The van der Waals surface area contributed by atoms with E-state index in [2.05, 4.69) is 13.8 Å². The zero-order valence-electron chi connectivity index (χ0n) is 11.0. The van der Waals surface area contributed by atoms with Crippen molar-refractivity contribution >= 4 is 0 Å². The van der Waals surface area contributed by atoms with E-state index in [4.69, 9.17) is 0 Å². The Morgan fingerprint density at radius 1 is 0.938 bits per heavy atom. The first kappa shape index (κ1) is 12.4. The quantitative estimate of drug-likeness (QED) is 0.747. The Balaban J connectivity index is 2.11. The molecule has 2 aliphatic carbocycles. The van der Waals surface area contributed by atoms with Crippen LogP contribution in [-0.2, 0) is 0 Å². The Hall–Kier alpha value is -0.0400. The molecule has 0 aliphatic heterocycles. The first-order valence-electron chi connectivity index (χ1n) is 7.37. The van der Waals surface area contributed by atoms with Crippen molar-refractivity contribution < 1.29 is 5.11 Å². The van der Waals surface area contributed by atoms with E-state index in [0.717, 1.165) is 6.42 Å². The molecular weight excluding hydrogens is 196 g/mol. The first-order valence-corrected chi connectivity index (χ1v) is 7.37. The van der Waals surface area contributed by atoms with E-state index in [9.17, 15) is 5.11 Å². The molecule has 0 saturated heterocycles. The third-order valence-corrected chi connectivity index (χ3v) is 5.10. The molecule has 2 rings (SSSR count). The van der Waals surface area contributed by atoms with Crippen molar-refractivity contribution in [1.82, 2.24) is 0 Å². The molecule has 0 aromatic carbocycles. The zero-order valence-corrected chi connectivity index (χ0v) is 11.0. The van der Waals surface area contributed by atoms with E-state index in [-0.39, 0.29) is 5.60 Å². The molecular formula is C15H28O. The summed E-state index contributed by atoms with van der Waals surface area (Å²) in [7, 11) is 0. The molecule has 2 saturated carbocycles. The van der Waals surface area contributed by atoms with Crippen LogP contribution in [0.1, 0.15) is 71.6 Å². The topological polar surface area (TPSA) is 20.2 Å². The second kappa shape index (κ2) is 5.08. The molecule has 0 spiro atoms. The fourth-order valence-corrected chi connectivity index (χ4v) is 4.23. The van der Waals surface area contributed by atoms with Gasteiger partial charge in [0.1, 0.15) is 0 Å². The van der Waals surface area contributed by atoms with Gasteiger partial charge in [0.25, 0.3) is 0 Å². The summed E-state index contributed by atoms with van der Waals surface area (Å²) in [5, 5.41) is 11.1. The van der Waals surface area contributed by atoms with Crippen LogP contribution in [0.4, 0.5) is 0 Å². The van der Waals surface area contributed by atoms with Gasteiger partial charge in [-0.05, 0) is 43.4 Å². The Morgan fingerprint density at radius 3 is 2.19 bits per heavy atom. The molecule has 0 aromatic heterocycles. The minimum Gasteiger partial charge on any atom is -0.389 e. The number of hydrogen-bond acceptors (Lipinski definition) is 1. The van der Waals surface area contributed by atoms with E-state index in [1.807, 2.05) is 0 Å². The molecule has 94 valence electrons. The lowest BCUT2D eigenvalue weighted by atomic mass is 9.61. The molecule has 0 heterocycles. The summed E-state index contributed by atoms with van der Waals surface area (Å²) in [4.78, 5) is 0. The molecule has 2 fully saturated rings. The van der Waals surface area contributed by atoms with Crippen LogP contribution in [0.25, 0.3) is 0 Å². The Kier molecular flexibility index (Phi) is 3.94. The van der Waals surface area contributed by atoms with E-state index < -0.39 is 0 Å². The maximum atomic E-state index is 11.1. The van der Waals surface area contributed by atoms with Crippen LogP contribution >= 0.6 is 0 Å². The predicted molar refractivity (Wildman–Crippen MR) is 68.3 cm³/mol. The fourth-order valence-electron chi connectivity index (χ4n) is 4.23. The Bertz CT molecular complexity index is 217. The molecule has 0 radical (unpaired) electrons. The SMILES string of the molecule is CC(C)C1CCCCC1(O)C1CCCCC1. The third kappa shape index (κ3) is 2.30. The van der Waals surface area contributed by atoms with Crippen molar-refractivity contribution in [2.75, 3.05) is 0 Å². The lowest BCUT2D eigenvalue weighted by Crippen LogP contribution is -2.49. The highest BCUT2D eigenvalue weighted by molar-refractivity contribution is 4.97. The summed E-state index contributed by atoms with van der Waals surface area (Å²) in [6.07, 6.45) is 11.5. The van der Waals surface area contributed by atoms with Gasteiger partial charge in [-0.15, -0.1) is 0 Å². The van der Waals surface area contributed by atoms with Crippen molar-refractivity contribution in [3.05, 3.63) is 0 Å². The minimum absolute atomic E-state index is 0.313. The van der Waals surface area contributed by atoms with Crippen LogP contribution in [0.2, 0.25) is 0 Å². The molecule has 1 nitrogen and oxygen atoms in total. The van der Waals surface area contributed by atoms with Crippen LogP contribution in [-0.4, -0.2) is 10.7 Å². The van der Waals surface area contributed by atoms with Crippen molar-refractivity contribution in [3.63, 3.8) is 0 Å². The highest BCUT2D eigenvalue weighted by Crippen LogP contribution is 2.47. The van der Waals surface area contributed by atoms with Crippen LogP contribution in [0.5, 0.6) is 0 Å². The normalized spacial score (nSPS) is 37.9. The van der Waals surface area contributed by atoms with Gasteiger partial charge in [0.05, 0.1) is 5.60 Å². The van der Waals surface area contributed by atoms with E-state index in [1.54, 1.807) is 0 Å². The van der Waals surface area contributed by atoms with E-state index >= 15 is 0 Å². The second-order valence-corrected chi connectivity index (χ2v) is 6.42. The molecule has 2 atom stereocenters. The second-order valence-electron chi connectivity index (χ2n) is 6.42. The van der Waals surface area contributed by atoms with Crippen molar-refractivity contribution in [2.24, 2.45) is 17.8 Å². The number of aliphatic hydroxyl groups is 1. The molecule has 0 aromatic rings. The number of rotatable bonds is 2. The van der Waals surface area contributed by atoms with Gasteiger partial charge >= 0.3 is 0 Å². The first-order chi connectivity index (χ1) is 7.64. The lowest BCUT2D eigenvalue weighted by molar-refractivity contribution is -0.118. The maximum Gasteiger partial charge on any atom is 0.0706 e. The van der Waals surface area contributed by atoms with Gasteiger partial charge in [0, 0.05) is 0 Å². The van der Waals surface area contributed by atoms with E-state index in [0.29, 0.717) is 17.8 Å². The summed E-state index contributed by atoms with van der Waals surface area (Å²) in [6, 6.07) is 0. The third-order valence-electron chi connectivity index (χ3n) is 5.10. The van der Waals surface area contributed by atoms with Crippen molar-refractivity contribution in [3.8, 4) is 0 Å². The van der Waals surface area contributed by atoms with Gasteiger partial charge in [-0.2, -0.15) is 0 Å². The van der Waals surface area contributed by atoms with Crippen molar-refractivity contribution in [1.29, 1.82) is 0 Å². The average molecular weight is 224 g/mol. The molecule has 1 heteroatoms.